The molecule has 0 amide bonds. The SMILES string of the molecule is CCCCC[C@H](CC[C@@H]1[C@H]2Cc3cccc(OCC(=O)OC)c3C[C@H]2C[C@H]1OC(=O)OCC1(C)OC(=O)OC1C)OC(=O)CC. The summed E-state index contributed by atoms with van der Waals surface area (Å²) in [6.45, 7) is 6.91. The Kier molecular flexibility index (Phi) is 12.0. The van der Waals surface area contributed by atoms with E-state index in [1.165, 1.54) is 7.11 Å². The van der Waals surface area contributed by atoms with Crippen LogP contribution in [0.3, 0.4) is 0 Å². The van der Waals surface area contributed by atoms with E-state index in [9.17, 15) is 19.2 Å². The molecular formula is C34H48O11. The van der Waals surface area contributed by atoms with Gasteiger partial charge in [-0.2, -0.15) is 0 Å². The van der Waals surface area contributed by atoms with Gasteiger partial charge in [0.2, 0.25) is 0 Å². The average molecular weight is 633 g/mol. The number of rotatable bonds is 15. The molecule has 3 aliphatic rings. The number of hydrogen-bond acceptors (Lipinski definition) is 11. The minimum atomic E-state index is -1.10. The van der Waals surface area contributed by atoms with Crippen molar-refractivity contribution >= 4 is 24.2 Å². The van der Waals surface area contributed by atoms with Crippen molar-refractivity contribution in [2.75, 3.05) is 20.3 Å². The number of carbonyl (C=O) groups is 4. The summed E-state index contributed by atoms with van der Waals surface area (Å²) in [5.41, 5.74) is 1.11. The van der Waals surface area contributed by atoms with Crippen LogP contribution in [0.15, 0.2) is 18.2 Å². The summed E-state index contributed by atoms with van der Waals surface area (Å²) in [5.74, 6) is 0.463. The van der Waals surface area contributed by atoms with Gasteiger partial charge in [-0.1, -0.05) is 38.8 Å². The van der Waals surface area contributed by atoms with Gasteiger partial charge >= 0.3 is 24.2 Å². The quantitative estimate of drug-likeness (QED) is 0.126. The van der Waals surface area contributed by atoms with Crippen molar-refractivity contribution < 1.29 is 52.3 Å². The molecule has 1 saturated heterocycles. The fourth-order valence-corrected chi connectivity index (χ4v) is 6.85. The first-order valence-corrected chi connectivity index (χ1v) is 16.3. The van der Waals surface area contributed by atoms with E-state index >= 15 is 0 Å². The zero-order valence-electron chi connectivity index (χ0n) is 27.2. The second-order valence-electron chi connectivity index (χ2n) is 12.6. The molecule has 45 heavy (non-hydrogen) atoms. The molecule has 0 spiro atoms. The van der Waals surface area contributed by atoms with Gasteiger partial charge in [-0.05, 0) is 93.7 Å². The molecule has 2 unspecified atom stereocenters. The van der Waals surface area contributed by atoms with E-state index in [1.807, 2.05) is 12.1 Å². The van der Waals surface area contributed by atoms with Crippen LogP contribution in [0.4, 0.5) is 9.59 Å². The number of hydrogen-bond donors (Lipinski definition) is 0. The molecule has 11 nitrogen and oxygen atoms in total. The summed E-state index contributed by atoms with van der Waals surface area (Å²) in [7, 11) is 1.33. The van der Waals surface area contributed by atoms with Crippen LogP contribution in [0.1, 0.15) is 90.2 Å². The number of methoxy groups -OCH3 is 1. The Bertz CT molecular complexity index is 1200. The number of benzene rings is 1. The second kappa shape index (κ2) is 15.7. The average Bonchev–Trinajstić information content (AvgIpc) is 3.48. The number of fused-ring (bicyclic) bond motifs is 2. The van der Waals surface area contributed by atoms with Gasteiger partial charge in [0.1, 0.15) is 30.7 Å². The number of ether oxygens (including phenoxy) is 7. The molecule has 0 N–H and O–H groups in total. The van der Waals surface area contributed by atoms with E-state index in [0.29, 0.717) is 25.0 Å². The third-order valence-electron chi connectivity index (χ3n) is 9.61. The Balaban J connectivity index is 1.49. The summed E-state index contributed by atoms with van der Waals surface area (Å²) in [6, 6.07) is 5.87. The highest BCUT2D eigenvalue weighted by Crippen LogP contribution is 2.49. The Morgan fingerprint density at radius 2 is 1.89 bits per heavy atom. The van der Waals surface area contributed by atoms with Crippen LogP contribution in [-0.4, -0.2) is 68.5 Å². The van der Waals surface area contributed by atoms with Crippen LogP contribution in [0.5, 0.6) is 5.75 Å². The normalized spacial score (nSPS) is 27.3. The molecule has 1 aliphatic heterocycles. The fourth-order valence-electron chi connectivity index (χ4n) is 6.85. The van der Waals surface area contributed by atoms with Crippen LogP contribution in [0.25, 0.3) is 0 Å². The summed E-state index contributed by atoms with van der Waals surface area (Å²) in [6.07, 6.45) is 4.98. The number of cyclic esters (lactones) is 2. The van der Waals surface area contributed by atoms with Crippen molar-refractivity contribution in [1.29, 1.82) is 0 Å². The largest absolute Gasteiger partial charge is 0.509 e. The Morgan fingerprint density at radius 1 is 1.09 bits per heavy atom. The predicted molar refractivity (Wildman–Crippen MR) is 162 cm³/mol. The Hall–Kier alpha value is -3.50. The summed E-state index contributed by atoms with van der Waals surface area (Å²) >= 11 is 0. The Labute approximate surface area is 265 Å². The lowest BCUT2D eigenvalue weighted by Gasteiger charge is -2.33. The smallest absolute Gasteiger partial charge is 0.482 e. The number of unbranched alkanes of at least 4 members (excludes halogenated alkanes) is 2. The predicted octanol–water partition coefficient (Wildman–Crippen LogP) is 6.11. The van der Waals surface area contributed by atoms with Crippen molar-refractivity contribution in [3.05, 3.63) is 29.3 Å². The molecule has 4 rings (SSSR count). The first-order valence-electron chi connectivity index (χ1n) is 16.3. The third kappa shape index (κ3) is 8.82. The highest BCUT2D eigenvalue weighted by molar-refractivity contribution is 5.71. The maximum Gasteiger partial charge on any atom is 0.509 e. The maximum absolute atomic E-state index is 13.0. The third-order valence-corrected chi connectivity index (χ3v) is 9.61. The molecule has 0 radical (unpaired) electrons. The molecule has 250 valence electrons. The van der Waals surface area contributed by atoms with E-state index in [-0.39, 0.29) is 43.0 Å². The fraction of sp³-hybridized carbons (Fsp3) is 0.706. The van der Waals surface area contributed by atoms with Crippen molar-refractivity contribution in [1.82, 2.24) is 0 Å². The molecule has 1 saturated carbocycles. The summed E-state index contributed by atoms with van der Waals surface area (Å²) in [4.78, 5) is 48.6. The summed E-state index contributed by atoms with van der Waals surface area (Å²) < 4.78 is 38.2. The van der Waals surface area contributed by atoms with Crippen LogP contribution < -0.4 is 4.74 Å². The van der Waals surface area contributed by atoms with Gasteiger partial charge in [0.05, 0.1) is 7.11 Å². The van der Waals surface area contributed by atoms with E-state index in [4.69, 9.17) is 33.2 Å². The molecule has 2 aliphatic carbocycles. The van der Waals surface area contributed by atoms with Gasteiger partial charge in [0.25, 0.3) is 0 Å². The minimum Gasteiger partial charge on any atom is -0.482 e. The van der Waals surface area contributed by atoms with Gasteiger partial charge in [0, 0.05) is 6.42 Å². The molecule has 7 atom stereocenters. The van der Waals surface area contributed by atoms with Crippen LogP contribution in [0, 0.1) is 17.8 Å². The molecule has 2 fully saturated rings. The molecule has 1 aromatic carbocycles. The van der Waals surface area contributed by atoms with E-state index in [0.717, 1.165) is 56.1 Å². The van der Waals surface area contributed by atoms with Crippen LogP contribution in [-0.2, 0) is 50.9 Å². The lowest BCUT2D eigenvalue weighted by molar-refractivity contribution is -0.149. The first kappa shape index (κ1) is 34.4. The molecule has 0 bridgehead atoms. The highest BCUT2D eigenvalue weighted by atomic mass is 16.8. The second-order valence-corrected chi connectivity index (χ2v) is 12.6. The van der Waals surface area contributed by atoms with Crippen molar-refractivity contribution in [3.8, 4) is 5.75 Å². The van der Waals surface area contributed by atoms with Crippen LogP contribution >= 0.6 is 0 Å². The van der Waals surface area contributed by atoms with Crippen molar-refractivity contribution in [3.63, 3.8) is 0 Å². The van der Waals surface area contributed by atoms with Gasteiger partial charge in [-0.3, -0.25) is 4.79 Å². The zero-order valence-corrected chi connectivity index (χ0v) is 27.2. The lowest BCUT2D eigenvalue weighted by atomic mass is 9.73. The number of carbonyl (C=O) groups excluding carboxylic acids is 4. The first-order chi connectivity index (χ1) is 21.6. The van der Waals surface area contributed by atoms with Gasteiger partial charge < -0.3 is 33.2 Å². The standard InChI is InChI=1S/C34H48O11/c1-6-8-9-12-24(43-30(35)7-2)14-15-25-26-16-22-11-10-13-28(40-19-31(36)39-5)27(22)17-23(26)18-29(25)44-32(37)41-20-34(4)21(3)42-33(38)45-34/h10-11,13,21,23-26,29H,6-9,12,14-20H2,1-5H3/t21?,23-,24+,25+,26-,29+,34?/m0/s1. The Morgan fingerprint density at radius 3 is 2.58 bits per heavy atom. The lowest BCUT2D eigenvalue weighted by Crippen LogP contribution is -2.41. The van der Waals surface area contributed by atoms with Crippen LogP contribution in [0.2, 0.25) is 0 Å². The minimum absolute atomic E-state index is 0.0199. The zero-order chi connectivity index (χ0) is 32.6. The maximum atomic E-state index is 13.0. The van der Waals surface area contributed by atoms with Gasteiger partial charge in [-0.25, -0.2) is 14.4 Å². The van der Waals surface area contributed by atoms with E-state index in [2.05, 4.69) is 13.0 Å². The van der Waals surface area contributed by atoms with Crippen molar-refractivity contribution in [2.45, 2.75) is 116 Å². The topological polar surface area (TPSA) is 133 Å². The van der Waals surface area contributed by atoms with Crippen molar-refractivity contribution in [2.24, 2.45) is 17.8 Å². The molecule has 11 heteroatoms. The monoisotopic (exact) mass is 632 g/mol. The van der Waals surface area contributed by atoms with E-state index < -0.39 is 36.1 Å². The molecular weight excluding hydrogens is 584 g/mol. The summed E-state index contributed by atoms with van der Waals surface area (Å²) in [5, 5.41) is 0. The van der Waals surface area contributed by atoms with Gasteiger partial charge in [0.15, 0.2) is 12.2 Å². The van der Waals surface area contributed by atoms with Gasteiger partial charge in [-0.15, -0.1) is 0 Å². The molecule has 0 aromatic heterocycles. The molecule has 1 aromatic rings. The number of esters is 2. The van der Waals surface area contributed by atoms with E-state index in [1.54, 1.807) is 20.8 Å². The molecule has 1 heterocycles. The highest BCUT2D eigenvalue weighted by Gasteiger charge is 2.49.